The molecule has 1 amide bonds. The lowest BCUT2D eigenvalue weighted by Crippen LogP contribution is -2.15. The highest BCUT2D eigenvalue weighted by molar-refractivity contribution is 7.99. The van der Waals surface area contributed by atoms with Gasteiger partial charge in [-0.05, 0) is 61.9 Å². The van der Waals surface area contributed by atoms with Gasteiger partial charge in [-0.15, -0.1) is 21.5 Å². The third kappa shape index (κ3) is 4.70. The van der Waals surface area contributed by atoms with Crippen LogP contribution < -0.4 is 5.32 Å². The van der Waals surface area contributed by atoms with Crippen LogP contribution in [-0.4, -0.2) is 26.4 Å². The fraction of sp³-hybridized carbons (Fsp3) is 0.391. The molecular weight excluding hydrogens is 462 g/mol. The molecule has 0 aliphatic heterocycles. The van der Waals surface area contributed by atoms with E-state index in [2.05, 4.69) is 28.5 Å². The molecule has 0 saturated carbocycles. The van der Waals surface area contributed by atoms with Gasteiger partial charge in [-0.25, -0.2) is 0 Å². The highest BCUT2D eigenvalue weighted by atomic mass is 35.5. The number of rotatable bonds is 7. The first-order valence-corrected chi connectivity index (χ1v) is 12.9. The van der Waals surface area contributed by atoms with E-state index in [4.69, 9.17) is 11.6 Å². The van der Waals surface area contributed by atoms with E-state index < -0.39 is 0 Å². The molecule has 1 aliphatic rings. The van der Waals surface area contributed by atoms with Crippen molar-refractivity contribution >= 4 is 45.6 Å². The van der Waals surface area contributed by atoms with Crippen molar-refractivity contribution in [2.24, 2.45) is 5.92 Å². The maximum atomic E-state index is 12.7. The largest absolute Gasteiger partial charge is 0.316 e. The van der Waals surface area contributed by atoms with Gasteiger partial charge in [0.15, 0.2) is 11.0 Å². The molecule has 32 heavy (non-hydrogen) atoms. The van der Waals surface area contributed by atoms with Crippen LogP contribution in [0.4, 0.5) is 5.00 Å². The van der Waals surface area contributed by atoms with Crippen LogP contribution in [0.25, 0.3) is 11.4 Å². The number of hydrogen-bond donors (Lipinski definition) is 1. The maximum Gasteiger partial charge on any atom is 0.235 e. The highest BCUT2D eigenvalue weighted by Gasteiger charge is 2.26. The topological polar surface area (TPSA) is 83.6 Å². The molecule has 0 radical (unpaired) electrons. The Morgan fingerprint density at radius 1 is 1.34 bits per heavy atom. The molecule has 1 atom stereocenters. The smallest absolute Gasteiger partial charge is 0.235 e. The number of nitrogens with one attached hydrogen (secondary N) is 1. The number of thiophene rings is 1. The Bertz CT molecular complexity index is 1160. The lowest BCUT2D eigenvalue weighted by molar-refractivity contribution is -0.113. The van der Waals surface area contributed by atoms with Gasteiger partial charge in [0.05, 0.1) is 11.3 Å². The predicted molar refractivity (Wildman–Crippen MR) is 130 cm³/mol. The van der Waals surface area contributed by atoms with E-state index in [9.17, 15) is 10.1 Å². The molecule has 0 saturated heterocycles. The van der Waals surface area contributed by atoms with Crippen LogP contribution in [0.15, 0.2) is 29.4 Å². The number of aromatic nitrogens is 3. The number of hydrogen-bond acceptors (Lipinski definition) is 6. The Morgan fingerprint density at radius 2 is 2.12 bits per heavy atom. The first kappa shape index (κ1) is 22.8. The summed E-state index contributed by atoms with van der Waals surface area (Å²) < 4.78 is 1.98. The lowest BCUT2D eigenvalue weighted by Gasteiger charge is -2.20. The van der Waals surface area contributed by atoms with E-state index in [1.54, 1.807) is 11.3 Å². The summed E-state index contributed by atoms with van der Waals surface area (Å²) in [4.78, 5) is 13.9. The van der Waals surface area contributed by atoms with Crippen molar-refractivity contribution < 1.29 is 4.79 Å². The summed E-state index contributed by atoms with van der Waals surface area (Å²) in [6.45, 7) is 4.91. The molecule has 0 fully saturated rings. The molecule has 2 heterocycles. The minimum Gasteiger partial charge on any atom is -0.316 e. The highest BCUT2D eigenvalue weighted by Crippen LogP contribution is 2.40. The van der Waals surface area contributed by atoms with E-state index in [1.165, 1.54) is 16.6 Å². The van der Waals surface area contributed by atoms with Crippen molar-refractivity contribution in [1.29, 1.82) is 5.26 Å². The zero-order valence-electron chi connectivity index (χ0n) is 18.0. The van der Waals surface area contributed by atoms with Gasteiger partial charge in [0.25, 0.3) is 0 Å². The standard InChI is InChI=1S/C23H24ClN5OS2/c1-3-14-5-10-17-18(12-25)22(32-19(17)11-14)26-20(30)13-31-23-28-27-21(29(23)4-2)15-6-8-16(24)9-7-15/h6-9,14H,3-5,10-11,13H2,1-2H3,(H,26,30). The van der Waals surface area contributed by atoms with Crippen LogP contribution in [0, 0.1) is 17.2 Å². The molecule has 9 heteroatoms. The average molecular weight is 486 g/mol. The van der Waals surface area contributed by atoms with Crippen LogP contribution in [0.3, 0.4) is 0 Å². The Morgan fingerprint density at radius 3 is 2.81 bits per heavy atom. The van der Waals surface area contributed by atoms with Crippen molar-refractivity contribution in [3.05, 3.63) is 45.3 Å². The third-order valence-electron chi connectivity index (χ3n) is 5.78. The minimum atomic E-state index is -0.143. The number of amides is 1. The summed E-state index contributed by atoms with van der Waals surface area (Å²) in [5, 5.41) is 23.3. The minimum absolute atomic E-state index is 0.143. The SMILES string of the molecule is CCC1CCc2c(sc(NC(=O)CSc3nnc(-c4ccc(Cl)cc4)n3CC)c2C#N)C1. The van der Waals surface area contributed by atoms with E-state index in [0.29, 0.717) is 33.2 Å². The van der Waals surface area contributed by atoms with Gasteiger partial charge in [0.2, 0.25) is 5.91 Å². The van der Waals surface area contributed by atoms with Gasteiger partial charge in [-0.1, -0.05) is 36.7 Å². The van der Waals surface area contributed by atoms with Crippen LogP contribution >= 0.6 is 34.7 Å². The number of fused-ring (bicyclic) bond motifs is 1. The summed E-state index contributed by atoms with van der Waals surface area (Å²) in [6, 6.07) is 9.77. The molecule has 1 unspecified atom stereocenters. The summed E-state index contributed by atoms with van der Waals surface area (Å²) in [7, 11) is 0. The Labute approximate surface area is 201 Å². The normalized spacial score (nSPS) is 15.2. The monoisotopic (exact) mass is 485 g/mol. The summed E-state index contributed by atoms with van der Waals surface area (Å²) in [6.07, 6.45) is 4.18. The number of carbonyl (C=O) groups excluding carboxylic acids is 1. The van der Waals surface area contributed by atoms with Crippen molar-refractivity contribution in [1.82, 2.24) is 14.8 Å². The van der Waals surface area contributed by atoms with E-state index >= 15 is 0 Å². The Kier molecular flexibility index (Phi) is 7.19. The van der Waals surface area contributed by atoms with Crippen molar-refractivity contribution in [3.8, 4) is 17.5 Å². The second-order valence-corrected chi connectivity index (χ2v) is 10.2. The molecule has 1 aromatic carbocycles. The van der Waals surface area contributed by atoms with Gasteiger partial charge in [0.1, 0.15) is 11.1 Å². The second kappa shape index (κ2) is 10.1. The van der Waals surface area contributed by atoms with E-state index in [0.717, 1.165) is 42.6 Å². The van der Waals surface area contributed by atoms with Crippen LogP contribution in [0.1, 0.15) is 42.7 Å². The zero-order valence-corrected chi connectivity index (χ0v) is 20.4. The average Bonchev–Trinajstić information content (AvgIpc) is 3.37. The van der Waals surface area contributed by atoms with Crippen molar-refractivity contribution in [3.63, 3.8) is 0 Å². The molecular formula is C23H24ClN5OS2. The molecule has 3 aromatic rings. The first-order valence-electron chi connectivity index (χ1n) is 10.7. The van der Waals surface area contributed by atoms with Gasteiger partial charge >= 0.3 is 0 Å². The fourth-order valence-electron chi connectivity index (χ4n) is 3.99. The van der Waals surface area contributed by atoms with Gasteiger partial charge in [-0.2, -0.15) is 5.26 Å². The van der Waals surface area contributed by atoms with Crippen LogP contribution in [0.2, 0.25) is 5.02 Å². The number of nitriles is 1. The Balaban J connectivity index is 1.45. The summed E-state index contributed by atoms with van der Waals surface area (Å²) >= 11 is 8.89. The van der Waals surface area contributed by atoms with E-state index in [1.807, 2.05) is 35.8 Å². The number of benzene rings is 1. The van der Waals surface area contributed by atoms with Crippen LogP contribution in [-0.2, 0) is 24.2 Å². The number of carbonyl (C=O) groups is 1. The summed E-state index contributed by atoms with van der Waals surface area (Å²) in [5.41, 5.74) is 2.69. The zero-order chi connectivity index (χ0) is 22.7. The third-order valence-corrected chi connectivity index (χ3v) is 8.17. The number of nitrogens with zero attached hydrogens (tertiary/aromatic N) is 4. The predicted octanol–water partition coefficient (Wildman–Crippen LogP) is 5.80. The van der Waals surface area contributed by atoms with Crippen molar-refractivity contribution in [2.45, 2.75) is 51.2 Å². The maximum absolute atomic E-state index is 12.7. The van der Waals surface area contributed by atoms with E-state index in [-0.39, 0.29) is 11.7 Å². The first-order chi connectivity index (χ1) is 15.5. The van der Waals surface area contributed by atoms with Gasteiger partial charge < -0.3 is 9.88 Å². The number of halogens is 1. The number of thioether (sulfide) groups is 1. The fourth-order valence-corrected chi connectivity index (χ4v) is 6.25. The van der Waals surface area contributed by atoms with Crippen LogP contribution in [0.5, 0.6) is 0 Å². The van der Waals surface area contributed by atoms with Gasteiger partial charge in [-0.3, -0.25) is 4.79 Å². The molecule has 1 aliphatic carbocycles. The second-order valence-electron chi connectivity index (χ2n) is 7.73. The Hall–Kier alpha value is -2.34. The quantitative estimate of drug-likeness (QED) is 0.428. The lowest BCUT2D eigenvalue weighted by atomic mass is 9.86. The van der Waals surface area contributed by atoms with Gasteiger partial charge in [0, 0.05) is 22.0 Å². The van der Waals surface area contributed by atoms with Crippen molar-refractivity contribution in [2.75, 3.05) is 11.1 Å². The molecule has 1 N–H and O–H groups in total. The molecule has 2 aromatic heterocycles. The summed E-state index contributed by atoms with van der Waals surface area (Å²) in [5.74, 6) is 1.47. The molecule has 4 rings (SSSR count). The molecule has 166 valence electrons. The molecule has 0 spiro atoms. The molecule has 6 nitrogen and oxygen atoms in total. The molecule has 0 bridgehead atoms. The number of anilines is 1.